The fraction of sp³-hybridized carbons (Fsp3) is 0.857. The van der Waals surface area contributed by atoms with Crippen molar-refractivity contribution in [2.75, 3.05) is 20.3 Å². The minimum absolute atomic E-state index is 0.141. The Kier molecular flexibility index (Phi) is 2.83. The van der Waals surface area contributed by atoms with E-state index in [2.05, 4.69) is 0 Å². The molecule has 1 atom stereocenters. The van der Waals surface area contributed by atoms with Gasteiger partial charge in [0, 0.05) is 13.5 Å². The first kappa shape index (κ1) is 7.69. The molecule has 0 aliphatic carbocycles. The number of methoxy groups -OCH3 is 1. The van der Waals surface area contributed by atoms with Crippen LogP contribution >= 0.6 is 0 Å². The zero-order chi connectivity index (χ0) is 7.40. The van der Waals surface area contributed by atoms with Crippen molar-refractivity contribution in [1.29, 1.82) is 0 Å². The van der Waals surface area contributed by atoms with Gasteiger partial charge in [0.05, 0.1) is 12.7 Å². The van der Waals surface area contributed by atoms with Crippen molar-refractivity contribution < 1.29 is 14.3 Å². The summed E-state index contributed by atoms with van der Waals surface area (Å²) < 4.78 is 10.0. The summed E-state index contributed by atoms with van der Waals surface area (Å²) in [6, 6.07) is 0. The van der Waals surface area contributed by atoms with E-state index in [9.17, 15) is 4.79 Å². The van der Waals surface area contributed by atoms with Gasteiger partial charge in [-0.05, 0) is 6.42 Å². The van der Waals surface area contributed by atoms with Crippen LogP contribution in [0.4, 0.5) is 0 Å². The van der Waals surface area contributed by atoms with Crippen molar-refractivity contribution in [3.05, 3.63) is 0 Å². The highest BCUT2D eigenvalue weighted by atomic mass is 16.5. The standard InChI is InChI=1S/C7H12O3/c1-9-5-7-3-2-6(8)4-10-7/h7H,2-5H2,1H3. The van der Waals surface area contributed by atoms with Crippen molar-refractivity contribution in [1.82, 2.24) is 0 Å². The number of hydrogen-bond donors (Lipinski definition) is 0. The lowest BCUT2D eigenvalue weighted by atomic mass is 10.1. The van der Waals surface area contributed by atoms with Gasteiger partial charge in [-0.2, -0.15) is 0 Å². The molecule has 0 bridgehead atoms. The minimum atomic E-state index is 0.141. The molecule has 0 amide bonds. The minimum Gasteiger partial charge on any atom is -0.382 e. The van der Waals surface area contributed by atoms with E-state index in [1.165, 1.54) is 0 Å². The molecule has 1 unspecified atom stereocenters. The molecule has 0 aromatic carbocycles. The number of hydrogen-bond acceptors (Lipinski definition) is 3. The Bertz CT molecular complexity index is 112. The quantitative estimate of drug-likeness (QED) is 0.562. The molecule has 1 heterocycles. The van der Waals surface area contributed by atoms with Crippen molar-refractivity contribution in [3.63, 3.8) is 0 Å². The van der Waals surface area contributed by atoms with Crippen LogP contribution in [0.15, 0.2) is 0 Å². The maximum atomic E-state index is 10.6. The average Bonchev–Trinajstić information content (AvgIpc) is 1.95. The highest BCUT2D eigenvalue weighted by molar-refractivity contribution is 5.80. The molecule has 10 heavy (non-hydrogen) atoms. The van der Waals surface area contributed by atoms with Crippen molar-refractivity contribution >= 4 is 5.78 Å². The molecule has 0 aromatic heterocycles. The van der Waals surface area contributed by atoms with Gasteiger partial charge in [0.1, 0.15) is 6.61 Å². The summed E-state index contributed by atoms with van der Waals surface area (Å²) in [5.41, 5.74) is 0. The Hall–Kier alpha value is -0.410. The zero-order valence-electron chi connectivity index (χ0n) is 6.13. The number of carbonyl (C=O) groups is 1. The Labute approximate surface area is 60.3 Å². The number of Topliss-reactive ketones (excluding diaryl/α,β-unsaturated/α-hetero) is 1. The van der Waals surface area contributed by atoms with Gasteiger partial charge in [-0.3, -0.25) is 4.79 Å². The summed E-state index contributed by atoms with van der Waals surface area (Å²) in [6.07, 6.45) is 1.60. The van der Waals surface area contributed by atoms with Crippen LogP contribution in [-0.2, 0) is 14.3 Å². The van der Waals surface area contributed by atoms with Gasteiger partial charge in [-0.15, -0.1) is 0 Å². The summed E-state index contributed by atoms with van der Waals surface area (Å²) in [4.78, 5) is 10.6. The smallest absolute Gasteiger partial charge is 0.158 e. The second-order valence-corrected chi connectivity index (χ2v) is 2.47. The van der Waals surface area contributed by atoms with Crippen molar-refractivity contribution in [3.8, 4) is 0 Å². The van der Waals surface area contributed by atoms with Gasteiger partial charge in [0.2, 0.25) is 0 Å². The van der Waals surface area contributed by atoms with Gasteiger partial charge in [0.15, 0.2) is 5.78 Å². The lowest BCUT2D eigenvalue weighted by Gasteiger charge is -2.20. The molecule has 0 aromatic rings. The largest absolute Gasteiger partial charge is 0.382 e. The lowest BCUT2D eigenvalue weighted by Crippen LogP contribution is -2.28. The number of rotatable bonds is 2. The lowest BCUT2D eigenvalue weighted by molar-refractivity contribution is -0.133. The van der Waals surface area contributed by atoms with Crippen LogP contribution in [0.5, 0.6) is 0 Å². The molecule has 1 aliphatic heterocycles. The van der Waals surface area contributed by atoms with Crippen molar-refractivity contribution in [2.24, 2.45) is 0 Å². The predicted molar refractivity (Wildman–Crippen MR) is 35.9 cm³/mol. The molecule has 1 fully saturated rings. The molecule has 1 aliphatic rings. The van der Waals surface area contributed by atoms with Crippen molar-refractivity contribution in [2.45, 2.75) is 18.9 Å². The zero-order valence-corrected chi connectivity index (χ0v) is 6.13. The first-order valence-electron chi connectivity index (χ1n) is 3.45. The van der Waals surface area contributed by atoms with E-state index >= 15 is 0 Å². The van der Waals surface area contributed by atoms with Crippen LogP contribution in [0.1, 0.15) is 12.8 Å². The second-order valence-electron chi connectivity index (χ2n) is 2.47. The summed E-state index contributed by atoms with van der Waals surface area (Å²) in [5, 5.41) is 0. The predicted octanol–water partition coefficient (Wildman–Crippen LogP) is 0.381. The van der Waals surface area contributed by atoms with E-state index in [1.54, 1.807) is 7.11 Å². The summed E-state index contributed by atoms with van der Waals surface area (Å²) >= 11 is 0. The van der Waals surface area contributed by atoms with E-state index in [0.29, 0.717) is 13.0 Å². The molecule has 0 spiro atoms. The number of ketones is 1. The van der Waals surface area contributed by atoms with E-state index in [0.717, 1.165) is 6.42 Å². The summed E-state index contributed by atoms with van der Waals surface area (Å²) in [5.74, 6) is 0.201. The molecule has 0 radical (unpaired) electrons. The Balaban J connectivity index is 2.19. The van der Waals surface area contributed by atoms with Crippen LogP contribution in [0, 0.1) is 0 Å². The van der Waals surface area contributed by atoms with Crippen LogP contribution < -0.4 is 0 Å². The van der Waals surface area contributed by atoms with Gasteiger partial charge < -0.3 is 9.47 Å². The first-order chi connectivity index (χ1) is 4.83. The number of ether oxygens (including phenoxy) is 2. The maximum absolute atomic E-state index is 10.6. The molecular weight excluding hydrogens is 132 g/mol. The van der Waals surface area contributed by atoms with Crippen LogP contribution in [-0.4, -0.2) is 32.2 Å². The van der Waals surface area contributed by atoms with Gasteiger partial charge in [0.25, 0.3) is 0 Å². The highest BCUT2D eigenvalue weighted by Gasteiger charge is 2.18. The Morgan fingerprint density at radius 1 is 1.80 bits per heavy atom. The highest BCUT2D eigenvalue weighted by Crippen LogP contribution is 2.09. The molecule has 1 rings (SSSR count). The van der Waals surface area contributed by atoms with Crippen LogP contribution in [0.25, 0.3) is 0 Å². The van der Waals surface area contributed by atoms with Gasteiger partial charge >= 0.3 is 0 Å². The number of carbonyl (C=O) groups excluding carboxylic acids is 1. The molecule has 3 nitrogen and oxygen atoms in total. The molecule has 0 N–H and O–H groups in total. The fourth-order valence-corrected chi connectivity index (χ4v) is 1.01. The third kappa shape index (κ3) is 2.08. The SMILES string of the molecule is COCC1CCC(=O)CO1. The van der Waals surface area contributed by atoms with E-state index < -0.39 is 0 Å². The monoisotopic (exact) mass is 144 g/mol. The second kappa shape index (κ2) is 3.68. The first-order valence-corrected chi connectivity index (χ1v) is 3.45. The third-order valence-corrected chi connectivity index (χ3v) is 1.58. The fourth-order valence-electron chi connectivity index (χ4n) is 1.01. The maximum Gasteiger partial charge on any atom is 0.158 e. The van der Waals surface area contributed by atoms with E-state index in [-0.39, 0.29) is 18.5 Å². The Morgan fingerprint density at radius 3 is 3.10 bits per heavy atom. The van der Waals surface area contributed by atoms with Gasteiger partial charge in [-0.1, -0.05) is 0 Å². The molecule has 3 heteroatoms. The summed E-state index contributed by atoms with van der Waals surface area (Å²) in [6.45, 7) is 0.876. The topological polar surface area (TPSA) is 35.5 Å². The molecule has 1 saturated heterocycles. The molecule has 58 valence electrons. The average molecular weight is 144 g/mol. The normalized spacial score (nSPS) is 26.9. The molecule has 0 saturated carbocycles. The Morgan fingerprint density at radius 2 is 2.60 bits per heavy atom. The summed E-state index contributed by atoms with van der Waals surface area (Å²) in [7, 11) is 1.64. The van der Waals surface area contributed by atoms with Gasteiger partial charge in [-0.25, -0.2) is 0 Å². The van der Waals surface area contributed by atoms with Crippen LogP contribution in [0.2, 0.25) is 0 Å². The van der Waals surface area contributed by atoms with Crippen LogP contribution in [0.3, 0.4) is 0 Å². The molecular formula is C7H12O3. The van der Waals surface area contributed by atoms with E-state index in [4.69, 9.17) is 9.47 Å². The van der Waals surface area contributed by atoms with E-state index in [1.807, 2.05) is 0 Å². The third-order valence-electron chi connectivity index (χ3n) is 1.58.